The number of nitrogens with zero attached hydrogens (tertiary/aromatic N) is 2. The minimum absolute atomic E-state index is 0.00258. The van der Waals surface area contributed by atoms with Crippen LogP contribution in [0.5, 0.6) is 0 Å². The summed E-state index contributed by atoms with van der Waals surface area (Å²) in [6.07, 6.45) is 3.82. The number of carbonyl (C=O) groups excluding carboxylic acids is 2. The summed E-state index contributed by atoms with van der Waals surface area (Å²) in [4.78, 5) is 28.5. The Morgan fingerprint density at radius 2 is 1.57 bits per heavy atom. The maximum Gasteiger partial charge on any atom is 0.264 e. The van der Waals surface area contributed by atoms with Gasteiger partial charge in [-0.1, -0.05) is 54.3 Å². The number of carbonyl (C=O) groups is 2. The SMILES string of the molecule is Cc1ccc(S(=O)(=O)N(CC(=O)N(Cc2ccc(F)cc2)C(C)C(=O)NC2CCCC2)c2ccc(Cl)cc2)cc1. The van der Waals surface area contributed by atoms with E-state index in [-0.39, 0.29) is 29.1 Å². The van der Waals surface area contributed by atoms with Gasteiger partial charge in [-0.15, -0.1) is 0 Å². The second-order valence-electron chi connectivity index (χ2n) is 10.1. The molecular weight excluding hydrogens is 553 g/mol. The summed E-state index contributed by atoms with van der Waals surface area (Å²) in [7, 11) is -4.16. The molecule has 2 amide bonds. The molecule has 212 valence electrons. The van der Waals surface area contributed by atoms with Crippen LogP contribution in [0.4, 0.5) is 10.1 Å². The Morgan fingerprint density at radius 3 is 2.17 bits per heavy atom. The predicted molar refractivity (Wildman–Crippen MR) is 154 cm³/mol. The Hall–Kier alpha value is -3.43. The van der Waals surface area contributed by atoms with E-state index in [1.54, 1.807) is 31.2 Å². The van der Waals surface area contributed by atoms with Crippen LogP contribution in [0.1, 0.15) is 43.7 Å². The standard InChI is InChI=1S/C30H33ClFN3O4S/c1-21-7-17-28(18-8-21)40(38,39)35(27-15-11-24(31)12-16-27)20-29(36)34(19-23-9-13-25(32)14-10-23)22(2)30(37)33-26-5-3-4-6-26/h7-18,22,26H,3-6,19-20H2,1-2H3,(H,33,37). The molecule has 0 aromatic heterocycles. The van der Waals surface area contributed by atoms with Crippen LogP contribution in [-0.2, 0) is 26.2 Å². The molecular formula is C30H33ClFN3O4S. The number of rotatable bonds is 10. The number of sulfonamides is 1. The smallest absolute Gasteiger partial charge is 0.264 e. The zero-order valence-electron chi connectivity index (χ0n) is 22.5. The molecule has 1 atom stereocenters. The Morgan fingerprint density at radius 1 is 0.975 bits per heavy atom. The van der Waals surface area contributed by atoms with Crippen LogP contribution in [0.15, 0.2) is 77.7 Å². The van der Waals surface area contributed by atoms with Gasteiger partial charge in [0.2, 0.25) is 11.8 Å². The molecule has 40 heavy (non-hydrogen) atoms. The van der Waals surface area contributed by atoms with Gasteiger partial charge < -0.3 is 10.2 Å². The minimum atomic E-state index is -4.16. The van der Waals surface area contributed by atoms with E-state index in [4.69, 9.17) is 11.6 Å². The molecule has 0 bridgehead atoms. The number of nitrogens with one attached hydrogen (secondary N) is 1. The number of amides is 2. The molecule has 0 spiro atoms. The van der Waals surface area contributed by atoms with E-state index in [9.17, 15) is 22.4 Å². The summed E-state index contributed by atoms with van der Waals surface area (Å²) in [5.41, 5.74) is 1.75. The summed E-state index contributed by atoms with van der Waals surface area (Å²) in [5, 5.41) is 3.44. The normalized spacial score (nSPS) is 14.5. The summed E-state index contributed by atoms with van der Waals surface area (Å²) in [6, 6.07) is 17.3. The maximum absolute atomic E-state index is 13.9. The predicted octanol–water partition coefficient (Wildman–Crippen LogP) is 5.46. The zero-order chi connectivity index (χ0) is 28.9. The fourth-order valence-electron chi connectivity index (χ4n) is 4.73. The van der Waals surface area contributed by atoms with Crippen molar-refractivity contribution in [1.82, 2.24) is 10.2 Å². The molecule has 3 aromatic carbocycles. The molecule has 1 unspecified atom stereocenters. The van der Waals surface area contributed by atoms with Crippen molar-refractivity contribution in [2.75, 3.05) is 10.8 Å². The Labute approximate surface area is 240 Å². The topological polar surface area (TPSA) is 86.8 Å². The molecule has 0 aliphatic heterocycles. The van der Waals surface area contributed by atoms with Crippen LogP contribution in [0.3, 0.4) is 0 Å². The number of benzene rings is 3. The monoisotopic (exact) mass is 585 g/mol. The van der Waals surface area contributed by atoms with Crippen molar-refractivity contribution in [2.24, 2.45) is 0 Å². The lowest BCUT2D eigenvalue weighted by Gasteiger charge is -2.32. The zero-order valence-corrected chi connectivity index (χ0v) is 24.1. The van der Waals surface area contributed by atoms with Crippen LogP contribution in [0.25, 0.3) is 0 Å². The highest BCUT2D eigenvalue weighted by atomic mass is 35.5. The first kappa shape index (κ1) is 29.6. The van der Waals surface area contributed by atoms with E-state index in [1.807, 2.05) is 6.92 Å². The number of hydrogen-bond donors (Lipinski definition) is 1. The van der Waals surface area contributed by atoms with Gasteiger partial charge in [0, 0.05) is 17.6 Å². The van der Waals surface area contributed by atoms with Crippen molar-refractivity contribution < 1.29 is 22.4 Å². The summed E-state index contributed by atoms with van der Waals surface area (Å²) in [5.74, 6) is -1.32. The Balaban J connectivity index is 1.67. The lowest BCUT2D eigenvalue weighted by Crippen LogP contribution is -2.52. The van der Waals surface area contributed by atoms with Gasteiger partial charge in [-0.3, -0.25) is 13.9 Å². The van der Waals surface area contributed by atoms with Gasteiger partial charge in [0.05, 0.1) is 10.6 Å². The van der Waals surface area contributed by atoms with Crippen LogP contribution < -0.4 is 9.62 Å². The Bertz CT molecular complexity index is 1430. The first-order valence-corrected chi connectivity index (χ1v) is 15.1. The molecule has 1 fully saturated rings. The molecule has 0 radical (unpaired) electrons. The average molecular weight is 586 g/mol. The fraction of sp³-hybridized carbons (Fsp3) is 0.333. The van der Waals surface area contributed by atoms with E-state index in [1.165, 1.54) is 53.4 Å². The number of aryl methyl sites for hydroxylation is 1. The first-order valence-electron chi connectivity index (χ1n) is 13.2. The maximum atomic E-state index is 13.9. The van der Waals surface area contributed by atoms with E-state index in [0.717, 1.165) is 35.6 Å². The van der Waals surface area contributed by atoms with Crippen LogP contribution in [-0.4, -0.2) is 43.8 Å². The number of halogens is 2. The van der Waals surface area contributed by atoms with Gasteiger partial charge in [0.1, 0.15) is 18.4 Å². The highest BCUT2D eigenvalue weighted by Gasteiger charge is 2.33. The quantitative estimate of drug-likeness (QED) is 0.342. The lowest BCUT2D eigenvalue weighted by molar-refractivity contribution is -0.139. The van der Waals surface area contributed by atoms with Gasteiger partial charge >= 0.3 is 0 Å². The van der Waals surface area contributed by atoms with Crippen molar-refractivity contribution in [3.05, 3.63) is 94.8 Å². The number of anilines is 1. The highest BCUT2D eigenvalue weighted by Crippen LogP contribution is 2.26. The molecule has 1 aliphatic rings. The van der Waals surface area contributed by atoms with Gasteiger partial charge in [0.15, 0.2) is 0 Å². The third-order valence-corrected chi connectivity index (χ3v) is 9.18. The van der Waals surface area contributed by atoms with Crippen molar-refractivity contribution in [3.8, 4) is 0 Å². The van der Waals surface area contributed by atoms with Gasteiger partial charge in [-0.05, 0) is 80.8 Å². The molecule has 0 heterocycles. The molecule has 3 aromatic rings. The van der Waals surface area contributed by atoms with Gasteiger partial charge in [-0.25, -0.2) is 12.8 Å². The third-order valence-electron chi connectivity index (χ3n) is 7.14. The highest BCUT2D eigenvalue weighted by molar-refractivity contribution is 7.92. The lowest BCUT2D eigenvalue weighted by atomic mass is 10.1. The second-order valence-corrected chi connectivity index (χ2v) is 12.4. The largest absolute Gasteiger partial charge is 0.352 e. The van der Waals surface area contributed by atoms with Crippen LogP contribution in [0.2, 0.25) is 5.02 Å². The molecule has 10 heteroatoms. The number of hydrogen-bond acceptors (Lipinski definition) is 4. The average Bonchev–Trinajstić information content (AvgIpc) is 3.44. The molecule has 4 rings (SSSR count). The summed E-state index contributed by atoms with van der Waals surface area (Å²) in [6.45, 7) is 2.91. The third kappa shape index (κ3) is 7.20. The molecule has 0 saturated heterocycles. The van der Waals surface area contributed by atoms with Crippen molar-refractivity contribution >= 4 is 39.1 Å². The minimum Gasteiger partial charge on any atom is -0.352 e. The van der Waals surface area contributed by atoms with Crippen LogP contribution in [0, 0.1) is 12.7 Å². The summed E-state index contributed by atoms with van der Waals surface area (Å²) < 4.78 is 42.2. The van der Waals surface area contributed by atoms with Gasteiger partial charge in [0.25, 0.3) is 10.0 Å². The van der Waals surface area contributed by atoms with E-state index >= 15 is 0 Å². The van der Waals surface area contributed by atoms with E-state index in [2.05, 4.69) is 5.32 Å². The summed E-state index contributed by atoms with van der Waals surface area (Å²) >= 11 is 6.05. The van der Waals surface area contributed by atoms with Crippen molar-refractivity contribution in [2.45, 2.75) is 63.1 Å². The Kier molecular flexibility index (Phi) is 9.48. The van der Waals surface area contributed by atoms with Crippen molar-refractivity contribution in [3.63, 3.8) is 0 Å². The van der Waals surface area contributed by atoms with E-state index in [0.29, 0.717) is 10.6 Å². The van der Waals surface area contributed by atoms with Gasteiger partial charge in [-0.2, -0.15) is 0 Å². The van der Waals surface area contributed by atoms with Crippen LogP contribution >= 0.6 is 11.6 Å². The fourth-order valence-corrected chi connectivity index (χ4v) is 6.27. The van der Waals surface area contributed by atoms with E-state index < -0.39 is 34.3 Å². The molecule has 1 aliphatic carbocycles. The molecule has 1 N–H and O–H groups in total. The first-order chi connectivity index (χ1) is 19.0. The molecule has 1 saturated carbocycles. The molecule has 7 nitrogen and oxygen atoms in total. The second kappa shape index (κ2) is 12.8. The van der Waals surface area contributed by atoms with Crippen molar-refractivity contribution in [1.29, 1.82) is 0 Å².